The molecule has 1 unspecified atom stereocenters. The number of hydrogen-bond acceptors (Lipinski definition) is 4. The van der Waals surface area contributed by atoms with Crippen molar-refractivity contribution < 1.29 is 19.1 Å². The summed E-state index contributed by atoms with van der Waals surface area (Å²) in [5, 5.41) is 3.65. The van der Waals surface area contributed by atoms with Gasteiger partial charge in [0.2, 0.25) is 0 Å². The number of esters is 1. The van der Waals surface area contributed by atoms with E-state index in [2.05, 4.69) is 10.1 Å². The van der Waals surface area contributed by atoms with Gasteiger partial charge < -0.3 is 14.8 Å². The summed E-state index contributed by atoms with van der Waals surface area (Å²) in [6.07, 6.45) is 2.11. The number of nitrogens with one attached hydrogen (secondary N) is 1. The molecule has 1 atom stereocenters. The molecule has 0 aromatic heterocycles. The lowest BCUT2D eigenvalue weighted by atomic mass is 10.2. The predicted octanol–water partition coefficient (Wildman–Crippen LogP) is 3.61. The highest BCUT2D eigenvalue weighted by Gasteiger charge is 2.15. The minimum atomic E-state index is -0.663. The van der Waals surface area contributed by atoms with Crippen LogP contribution >= 0.6 is 23.2 Å². The number of carbonyl (C=O) groups is 2. The number of ether oxygens (including phenoxy) is 2. The van der Waals surface area contributed by atoms with Crippen LogP contribution in [0.1, 0.15) is 32.6 Å². The van der Waals surface area contributed by atoms with Gasteiger partial charge in [0.25, 0.3) is 5.91 Å². The molecule has 1 rings (SSSR count). The van der Waals surface area contributed by atoms with Crippen molar-refractivity contribution in [1.29, 1.82) is 0 Å². The van der Waals surface area contributed by atoms with E-state index < -0.39 is 6.10 Å². The number of methoxy groups -OCH3 is 1. The molecule has 0 aliphatic carbocycles. The van der Waals surface area contributed by atoms with Gasteiger partial charge in [-0.15, -0.1) is 0 Å². The summed E-state index contributed by atoms with van der Waals surface area (Å²) in [5.41, 5.74) is 0. The van der Waals surface area contributed by atoms with Crippen molar-refractivity contribution in [2.75, 3.05) is 13.7 Å². The van der Waals surface area contributed by atoms with Crippen LogP contribution in [0.5, 0.6) is 5.75 Å². The van der Waals surface area contributed by atoms with E-state index in [-0.39, 0.29) is 11.9 Å². The average molecular weight is 362 g/mol. The Morgan fingerprint density at radius 3 is 2.61 bits per heavy atom. The number of amides is 1. The van der Waals surface area contributed by atoms with Gasteiger partial charge in [0.05, 0.1) is 12.1 Å². The molecule has 1 N–H and O–H groups in total. The Balaban J connectivity index is 2.25. The molecule has 0 aliphatic heterocycles. The Bertz CT molecular complexity index is 537. The third-order valence-electron chi connectivity index (χ3n) is 3.15. The van der Waals surface area contributed by atoms with E-state index >= 15 is 0 Å². The van der Waals surface area contributed by atoms with E-state index in [0.29, 0.717) is 28.8 Å². The highest BCUT2D eigenvalue weighted by atomic mass is 35.5. The smallest absolute Gasteiger partial charge is 0.305 e. The van der Waals surface area contributed by atoms with Crippen molar-refractivity contribution in [3.63, 3.8) is 0 Å². The molecule has 7 heteroatoms. The van der Waals surface area contributed by atoms with Gasteiger partial charge in [0.1, 0.15) is 5.75 Å². The fourth-order valence-corrected chi connectivity index (χ4v) is 2.30. The Morgan fingerprint density at radius 2 is 1.96 bits per heavy atom. The quantitative estimate of drug-likeness (QED) is 0.538. The zero-order valence-electron chi connectivity index (χ0n) is 13.2. The zero-order chi connectivity index (χ0) is 17.2. The fourth-order valence-electron chi connectivity index (χ4n) is 1.84. The molecular weight excluding hydrogens is 341 g/mol. The Kier molecular flexibility index (Phi) is 8.81. The predicted molar refractivity (Wildman–Crippen MR) is 90.0 cm³/mol. The third-order valence-corrected chi connectivity index (χ3v) is 3.68. The Hall–Kier alpha value is -1.46. The van der Waals surface area contributed by atoms with Crippen molar-refractivity contribution in [2.24, 2.45) is 0 Å². The van der Waals surface area contributed by atoms with Crippen LogP contribution in [0.3, 0.4) is 0 Å². The van der Waals surface area contributed by atoms with E-state index in [9.17, 15) is 9.59 Å². The molecule has 0 saturated carbocycles. The van der Waals surface area contributed by atoms with Crippen molar-refractivity contribution in [1.82, 2.24) is 5.32 Å². The van der Waals surface area contributed by atoms with Gasteiger partial charge in [0, 0.05) is 18.0 Å². The lowest BCUT2D eigenvalue weighted by Crippen LogP contribution is -2.36. The minimum Gasteiger partial charge on any atom is -0.479 e. The molecule has 1 amide bonds. The normalized spacial score (nSPS) is 11.7. The number of hydrogen-bond donors (Lipinski definition) is 1. The summed E-state index contributed by atoms with van der Waals surface area (Å²) in [6.45, 7) is 2.18. The highest BCUT2D eigenvalue weighted by molar-refractivity contribution is 6.35. The summed E-state index contributed by atoms with van der Waals surface area (Å²) >= 11 is 11.8. The summed E-state index contributed by atoms with van der Waals surface area (Å²) < 4.78 is 10.1. The summed E-state index contributed by atoms with van der Waals surface area (Å²) in [5.74, 6) is -0.0170. The van der Waals surface area contributed by atoms with Crippen LogP contribution in [0, 0.1) is 0 Å². The lowest BCUT2D eigenvalue weighted by molar-refractivity contribution is -0.140. The van der Waals surface area contributed by atoms with Gasteiger partial charge in [-0.2, -0.15) is 0 Å². The van der Waals surface area contributed by atoms with Crippen LogP contribution in [0.4, 0.5) is 0 Å². The molecule has 0 spiro atoms. The monoisotopic (exact) mass is 361 g/mol. The van der Waals surface area contributed by atoms with Crippen LogP contribution < -0.4 is 10.1 Å². The van der Waals surface area contributed by atoms with Crippen LogP contribution in [0.25, 0.3) is 0 Å². The molecule has 0 aliphatic rings. The topological polar surface area (TPSA) is 64.6 Å². The minimum absolute atomic E-state index is 0.212. The second-order valence-corrected chi connectivity index (χ2v) is 5.86. The number of halogens is 2. The lowest BCUT2D eigenvalue weighted by Gasteiger charge is -2.15. The molecular formula is C16H21Cl2NO4. The fraction of sp³-hybridized carbons (Fsp3) is 0.500. The second kappa shape index (κ2) is 10.3. The Labute approximate surface area is 146 Å². The van der Waals surface area contributed by atoms with Gasteiger partial charge in [-0.05, 0) is 38.0 Å². The Morgan fingerprint density at radius 1 is 1.22 bits per heavy atom. The first-order chi connectivity index (χ1) is 10.9. The first kappa shape index (κ1) is 19.6. The van der Waals surface area contributed by atoms with Gasteiger partial charge in [0.15, 0.2) is 6.10 Å². The standard InChI is InChI=1S/C16H21Cl2NO4/c1-11(23-14-8-7-12(17)10-13(14)18)16(21)19-9-5-3-4-6-15(20)22-2/h7-8,10-11H,3-6,9H2,1-2H3,(H,19,21). The summed E-state index contributed by atoms with van der Waals surface area (Å²) in [6, 6.07) is 4.83. The first-order valence-corrected chi connectivity index (χ1v) is 8.16. The molecule has 0 fully saturated rings. The maximum atomic E-state index is 11.9. The highest BCUT2D eigenvalue weighted by Crippen LogP contribution is 2.28. The molecule has 128 valence electrons. The SMILES string of the molecule is COC(=O)CCCCCNC(=O)C(C)Oc1ccc(Cl)cc1Cl. The van der Waals surface area contributed by atoms with Gasteiger partial charge in [-0.1, -0.05) is 29.6 Å². The molecule has 0 bridgehead atoms. The zero-order valence-corrected chi connectivity index (χ0v) is 14.7. The average Bonchev–Trinajstić information content (AvgIpc) is 2.52. The summed E-state index contributed by atoms with van der Waals surface area (Å²) in [4.78, 5) is 22.9. The number of rotatable bonds is 9. The first-order valence-electron chi connectivity index (χ1n) is 7.40. The van der Waals surface area contributed by atoms with Crippen molar-refractivity contribution in [3.05, 3.63) is 28.2 Å². The van der Waals surface area contributed by atoms with E-state index in [1.807, 2.05) is 0 Å². The molecule has 0 heterocycles. The van der Waals surface area contributed by atoms with Crippen LogP contribution in [-0.4, -0.2) is 31.6 Å². The van der Waals surface area contributed by atoms with Crippen molar-refractivity contribution in [3.8, 4) is 5.75 Å². The van der Waals surface area contributed by atoms with Gasteiger partial charge >= 0.3 is 5.97 Å². The van der Waals surface area contributed by atoms with E-state index in [1.54, 1.807) is 25.1 Å². The van der Waals surface area contributed by atoms with Crippen LogP contribution in [0.2, 0.25) is 10.0 Å². The number of carbonyl (C=O) groups excluding carboxylic acids is 2. The molecule has 5 nitrogen and oxygen atoms in total. The van der Waals surface area contributed by atoms with E-state index in [1.165, 1.54) is 7.11 Å². The number of unbranched alkanes of at least 4 members (excludes halogenated alkanes) is 2. The van der Waals surface area contributed by atoms with E-state index in [4.69, 9.17) is 27.9 Å². The third kappa shape index (κ3) is 7.57. The molecule has 0 radical (unpaired) electrons. The molecule has 0 saturated heterocycles. The van der Waals surface area contributed by atoms with Crippen LogP contribution in [-0.2, 0) is 14.3 Å². The molecule has 1 aromatic carbocycles. The maximum absolute atomic E-state index is 11.9. The van der Waals surface area contributed by atoms with Crippen molar-refractivity contribution in [2.45, 2.75) is 38.7 Å². The second-order valence-electron chi connectivity index (χ2n) is 5.01. The van der Waals surface area contributed by atoms with Crippen molar-refractivity contribution >= 4 is 35.1 Å². The van der Waals surface area contributed by atoms with Gasteiger partial charge in [-0.3, -0.25) is 9.59 Å². The van der Waals surface area contributed by atoms with Crippen LogP contribution in [0.15, 0.2) is 18.2 Å². The summed E-state index contributed by atoms with van der Waals surface area (Å²) in [7, 11) is 1.37. The largest absolute Gasteiger partial charge is 0.479 e. The molecule has 23 heavy (non-hydrogen) atoms. The van der Waals surface area contributed by atoms with Gasteiger partial charge in [-0.25, -0.2) is 0 Å². The molecule has 1 aromatic rings. The maximum Gasteiger partial charge on any atom is 0.305 e. The van der Waals surface area contributed by atoms with E-state index in [0.717, 1.165) is 19.3 Å². The number of benzene rings is 1.